The van der Waals surface area contributed by atoms with E-state index in [0.29, 0.717) is 12.4 Å². The van der Waals surface area contributed by atoms with Gasteiger partial charge in [0.25, 0.3) is 0 Å². The standard InChI is InChI=1S/C20H32N4O2S/c1-16(17-8-4-3-5-9-17)24-20(11-6-7-12-20)15-22-19(21-2)23-18-10-13-27(25,26)14-18/h3-5,8-9,16,18,24H,6-7,10-15H2,1-2H3,(H2,21,22,23). The van der Waals surface area contributed by atoms with Gasteiger partial charge in [0, 0.05) is 31.2 Å². The van der Waals surface area contributed by atoms with Crippen molar-refractivity contribution >= 4 is 15.8 Å². The first-order valence-electron chi connectivity index (χ1n) is 9.92. The lowest BCUT2D eigenvalue weighted by Crippen LogP contribution is -2.55. The van der Waals surface area contributed by atoms with Crippen LogP contribution in [-0.2, 0) is 9.84 Å². The SMILES string of the molecule is CN=C(NCC1(NC(C)c2ccccc2)CCCC1)NC1CCS(=O)(=O)C1. The Morgan fingerprint density at radius 1 is 1.26 bits per heavy atom. The fourth-order valence-electron chi connectivity index (χ4n) is 4.26. The third kappa shape index (κ3) is 5.45. The molecule has 3 N–H and O–H groups in total. The number of sulfone groups is 1. The average Bonchev–Trinajstić information content (AvgIpc) is 3.25. The normalized spacial score (nSPS) is 25.3. The Bertz CT molecular complexity index is 743. The molecule has 7 heteroatoms. The minimum absolute atomic E-state index is 0.0363. The Morgan fingerprint density at radius 2 is 1.96 bits per heavy atom. The van der Waals surface area contributed by atoms with E-state index in [2.05, 4.69) is 52.1 Å². The summed E-state index contributed by atoms with van der Waals surface area (Å²) in [6, 6.07) is 10.8. The van der Waals surface area contributed by atoms with E-state index in [1.54, 1.807) is 7.05 Å². The summed E-state index contributed by atoms with van der Waals surface area (Å²) in [4.78, 5) is 4.30. The molecule has 0 spiro atoms. The summed E-state index contributed by atoms with van der Waals surface area (Å²) in [7, 11) is -1.16. The van der Waals surface area contributed by atoms with Crippen LogP contribution in [0.15, 0.2) is 35.3 Å². The molecule has 2 unspecified atom stereocenters. The minimum atomic E-state index is -2.90. The van der Waals surface area contributed by atoms with Gasteiger partial charge in [-0.2, -0.15) is 0 Å². The summed E-state index contributed by atoms with van der Waals surface area (Å²) >= 11 is 0. The molecule has 3 rings (SSSR count). The first-order valence-corrected chi connectivity index (χ1v) is 11.7. The first-order chi connectivity index (χ1) is 12.9. The molecule has 2 aliphatic rings. The lowest BCUT2D eigenvalue weighted by molar-refractivity contribution is 0.296. The molecule has 150 valence electrons. The van der Waals surface area contributed by atoms with Crippen molar-refractivity contribution in [2.45, 2.75) is 56.7 Å². The topological polar surface area (TPSA) is 82.6 Å². The van der Waals surface area contributed by atoms with Crippen LogP contribution in [0.2, 0.25) is 0 Å². The third-order valence-electron chi connectivity index (χ3n) is 5.77. The van der Waals surface area contributed by atoms with Crippen LogP contribution in [0, 0.1) is 0 Å². The van der Waals surface area contributed by atoms with Crippen LogP contribution in [-0.4, -0.2) is 51.1 Å². The number of aliphatic imine (C=N–C) groups is 1. The van der Waals surface area contributed by atoms with Crippen LogP contribution in [0.5, 0.6) is 0 Å². The number of rotatable bonds is 6. The van der Waals surface area contributed by atoms with Gasteiger partial charge >= 0.3 is 0 Å². The Hall–Kier alpha value is -1.60. The zero-order chi connectivity index (χ0) is 19.3. The predicted molar refractivity (Wildman–Crippen MR) is 111 cm³/mol. The monoisotopic (exact) mass is 392 g/mol. The van der Waals surface area contributed by atoms with E-state index in [1.807, 2.05) is 6.07 Å². The predicted octanol–water partition coefficient (Wildman–Crippen LogP) is 2.00. The molecule has 2 fully saturated rings. The molecule has 0 radical (unpaired) electrons. The quantitative estimate of drug-likeness (QED) is 0.510. The number of benzene rings is 1. The largest absolute Gasteiger partial charge is 0.355 e. The molecule has 6 nitrogen and oxygen atoms in total. The van der Waals surface area contributed by atoms with Crippen molar-refractivity contribution in [1.29, 1.82) is 0 Å². The number of guanidine groups is 1. The highest BCUT2D eigenvalue weighted by Gasteiger charge is 2.35. The number of nitrogens with one attached hydrogen (secondary N) is 3. The fraction of sp³-hybridized carbons (Fsp3) is 0.650. The van der Waals surface area contributed by atoms with Gasteiger partial charge < -0.3 is 16.0 Å². The Labute approximate surface area is 163 Å². The maximum Gasteiger partial charge on any atom is 0.191 e. The third-order valence-corrected chi connectivity index (χ3v) is 7.54. The van der Waals surface area contributed by atoms with E-state index in [-0.39, 0.29) is 29.1 Å². The van der Waals surface area contributed by atoms with Gasteiger partial charge in [-0.05, 0) is 31.7 Å². The van der Waals surface area contributed by atoms with E-state index in [1.165, 1.54) is 18.4 Å². The van der Waals surface area contributed by atoms with Crippen molar-refractivity contribution in [2.24, 2.45) is 4.99 Å². The molecule has 1 saturated heterocycles. The van der Waals surface area contributed by atoms with Crippen LogP contribution in [0.1, 0.15) is 50.6 Å². The molecular weight excluding hydrogens is 360 g/mol. The van der Waals surface area contributed by atoms with E-state index in [4.69, 9.17) is 0 Å². The maximum atomic E-state index is 11.7. The Kier molecular flexibility index (Phi) is 6.42. The maximum absolute atomic E-state index is 11.7. The van der Waals surface area contributed by atoms with E-state index >= 15 is 0 Å². The molecule has 1 heterocycles. The molecule has 27 heavy (non-hydrogen) atoms. The Balaban J connectivity index is 1.58. The minimum Gasteiger partial charge on any atom is -0.355 e. The molecule has 0 amide bonds. The van der Waals surface area contributed by atoms with Crippen LogP contribution < -0.4 is 16.0 Å². The summed E-state index contributed by atoms with van der Waals surface area (Å²) in [5, 5.41) is 10.6. The van der Waals surface area contributed by atoms with Crippen LogP contribution in [0.4, 0.5) is 0 Å². The molecule has 1 aliphatic carbocycles. The zero-order valence-corrected chi connectivity index (χ0v) is 17.2. The number of hydrogen-bond acceptors (Lipinski definition) is 4. The van der Waals surface area contributed by atoms with Gasteiger partial charge in [0.05, 0.1) is 11.5 Å². The van der Waals surface area contributed by atoms with Crippen molar-refractivity contribution in [3.05, 3.63) is 35.9 Å². The summed E-state index contributed by atoms with van der Waals surface area (Å²) < 4.78 is 23.3. The molecule has 0 aromatic heterocycles. The first kappa shape index (κ1) is 20.1. The Morgan fingerprint density at radius 3 is 2.56 bits per heavy atom. The van der Waals surface area contributed by atoms with Crippen LogP contribution in [0.25, 0.3) is 0 Å². The van der Waals surface area contributed by atoms with Crippen molar-refractivity contribution in [1.82, 2.24) is 16.0 Å². The van der Waals surface area contributed by atoms with Gasteiger partial charge in [0.15, 0.2) is 15.8 Å². The molecule has 1 aromatic carbocycles. The highest BCUT2D eigenvalue weighted by molar-refractivity contribution is 7.91. The van der Waals surface area contributed by atoms with Gasteiger partial charge in [-0.25, -0.2) is 8.42 Å². The molecule has 1 saturated carbocycles. The molecular formula is C20H32N4O2S. The number of nitrogens with zero attached hydrogens (tertiary/aromatic N) is 1. The smallest absolute Gasteiger partial charge is 0.191 e. The van der Waals surface area contributed by atoms with Gasteiger partial charge in [-0.15, -0.1) is 0 Å². The van der Waals surface area contributed by atoms with Crippen molar-refractivity contribution in [3.63, 3.8) is 0 Å². The van der Waals surface area contributed by atoms with Crippen LogP contribution in [0.3, 0.4) is 0 Å². The lowest BCUT2D eigenvalue weighted by atomic mass is 9.94. The molecule has 1 aromatic rings. The second kappa shape index (κ2) is 8.61. The second-order valence-corrected chi connectivity index (χ2v) is 10.2. The van der Waals surface area contributed by atoms with E-state index < -0.39 is 9.84 Å². The number of hydrogen-bond donors (Lipinski definition) is 3. The average molecular weight is 393 g/mol. The summed E-state index contributed by atoms with van der Waals surface area (Å²) in [6.07, 6.45) is 5.36. The summed E-state index contributed by atoms with van der Waals surface area (Å²) in [5.41, 5.74) is 1.33. The van der Waals surface area contributed by atoms with Gasteiger partial charge in [0.2, 0.25) is 0 Å². The highest BCUT2D eigenvalue weighted by Crippen LogP contribution is 2.31. The van der Waals surface area contributed by atoms with Crippen LogP contribution >= 0.6 is 0 Å². The summed E-state index contributed by atoms with van der Waals surface area (Å²) in [5.74, 6) is 1.15. The van der Waals surface area contributed by atoms with Gasteiger partial charge in [0.1, 0.15) is 0 Å². The highest BCUT2D eigenvalue weighted by atomic mass is 32.2. The zero-order valence-electron chi connectivity index (χ0n) is 16.4. The van der Waals surface area contributed by atoms with Gasteiger partial charge in [-0.3, -0.25) is 4.99 Å². The molecule has 1 aliphatic heterocycles. The lowest BCUT2D eigenvalue weighted by Gasteiger charge is -2.35. The van der Waals surface area contributed by atoms with Crippen molar-refractivity contribution in [2.75, 3.05) is 25.1 Å². The summed E-state index contributed by atoms with van der Waals surface area (Å²) in [6.45, 7) is 3.00. The van der Waals surface area contributed by atoms with Gasteiger partial charge in [-0.1, -0.05) is 43.2 Å². The van der Waals surface area contributed by atoms with E-state index in [9.17, 15) is 8.42 Å². The second-order valence-electron chi connectivity index (χ2n) is 7.93. The van der Waals surface area contributed by atoms with Crippen molar-refractivity contribution in [3.8, 4) is 0 Å². The van der Waals surface area contributed by atoms with E-state index in [0.717, 1.165) is 19.4 Å². The molecule has 0 bridgehead atoms. The van der Waals surface area contributed by atoms with Crippen molar-refractivity contribution < 1.29 is 8.42 Å². The fourth-order valence-corrected chi connectivity index (χ4v) is 5.93. The molecule has 2 atom stereocenters.